The van der Waals surface area contributed by atoms with Crippen LogP contribution in [0.25, 0.3) is 20.5 Å². The zero-order valence-electron chi connectivity index (χ0n) is 14.0. The van der Waals surface area contributed by atoms with Gasteiger partial charge in [-0.05, 0) is 49.6 Å². The first-order valence-electron chi connectivity index (χ1n) is 8.48. The molecular formula is C18H18ClN5OS. The Balaban J connectivity index is 1.78. The summed E-state index contributed by atoms with van der Waals surface area (Å²) in [5.74, 6) is 0.0928. The number of benzene rings is 1. The SMILES string of the molecule is NC(=O)c1nnc(NC2CCCCN2)c2cc(-c3ccc(Cl)cc3)sc12. The van der Waals surface area contributed by atoms with Crippen LogP contribution >= 0.6 is 22.9 Å². The van der Waals surface area contributed by atoms with Crippen LogP contribution in [0.3, 0.4) is 0 Å². The first-order valence-corrected chi connectivity index (χ1v) is 9.67. The highest BCUT2D eigenvalue weighted by molar-refractivity contribution is 7.22. The fraction of sp³-hybridized carbons (Fsp3) is 0.278. The van der Waals surface area contributed by atoms with Crippen molar-refractivity contribution in [2.75, 3.05) is 11.9 Å². The molecule has 1 atom stereocenters. The summed E-state index contributed by atoms with van der Waals surface area (Å²) in [5.41, 5.74) is 6.72. The van der Waals surface area contributed by atoms with Gasteiger partial charge >= 0.3 is 0 Å². The molecule has 0 aliphatic carbocycles. The summed E-state index contributed by atoms with van der Waals surface area (Å²) in [5, 5.41) is 16.7. The van der Waals surface area contributed by atoms with E-state index in [1.165, 1.54) is 24.2 Å². The molecule has 2 aromatic heterocycles. The first-order chi connectivity index (χ1) is 12.6. The van der Waals surface area contributed by atoms with Crippen LogP contribution in [0.15, 0.2) is 30.3 Å². The van der Waals surface area contributed by atoms with Crippen LogP contribution in [0, 0.1) is 0 Å². The quantitative estimate of drug-likeness (QED) is 0.635. The second-order valence-corrected chi connectivity index (χ2v) is 7.76. The molecule has 0 saturated carbocycles. The Morgan fingerprint density at radius 1 is 1.27 bits per heavy atom. The molecule has 1 aliphatic heterocycles. The second kappa shape index (κ2) is 7.19. The van der Waals surface area contributed by atoms with Crippen LogP contribution in [0.1, 0.15) is 29.8 Å². The van der Waals surface area contributed by atoms with E-state index in [0.717, 1.165) is 33.5 Å². The molecule has 8 heteroatoms. The van der Waals surface area contributed by atoms with Gasteiger partial charge in [0.05, 0.1) is 10.9 Å². The number of halogens is 1. The number of nitrogens with zero attached hydrogens (tertiary/aromatic N) is 2. The molecule has 0 spiro atoms. The summed E-state index contributed by atoms with van der Waals surface area (Å²) in [7, 11) is 0. The van der Waals surface area contributed by atoms with Crippen molar-refractivity contribution >= 4 is 44.7 Å². The monoisotopic (exact) mass is 387 g/mol. The second-order valence-electron chi connectivity index (χ2n) is 6.27. The molecule has 1 amide bonds. The number of amides is 1. The molecule has 0 bridgehead atoms. The van der Waals surface area contributed by atoms with Crippen molar-refractivity contribution in [3.63, 3.8) is 0 Å². The molecule has 1 saturated heterocycles. The molecule has 6 nitrogen and oxygen atoms in total. The Bertz CT molecular complexity index is 950. The van der Waals surface area contributed by atoms with Crippen LogP contribution in [0.5, 0.6) is 0 Å². The van der Waals surface area contributed by atoms with Gasteiger partial charge in [-0.2, -0.15) is 0 Å². The Morgan fingerprint density at radius 3 is 2.77 bits per heavy atom. The minimum absolute atomic E-state index is 0.152. The highest BCUT2D eigenvalue weighted by atomic mass is 35.5. The number of anilines is 1. The molecule has 3 aromatic rings. The lowest BCUT2D eigenvalue weighted by atomic mass is 10.1. The van der Waals surface area contributed by atoms with Gasteiger partial charge in [0.2, 0.25) is 0 Å². The van der Waals surface area contributed by atoms with Gasteiger partial charge < -0.3 is 11.1 Å². The highest BCUT2D eigenvalue weighted by Crippen LogP contribution is 2.38. The third kappa shape index (κ3) is 3.38. The number of carbonyl (C=O) groups is 1. The third-order valence-electron chi connectivity index (χ3n) is 4.44. The lowest BCUT2D eigenvalue weighted by Gasteiger charge is -2.24. The Hall–Kier alpha value is -2.22. The van der Waals surface area contributed by atoms with Gasteiger partial charge in [-0.25, -0.2) is 0 Å². The van der Waals surface area contributed by atoms with Crippen LogP contribution in [-0.4, -0.2) is 28.8 Å². The third-order valence-corrected chi connectivity index (χ3v) is 5.88. The van der Waals surface area contributed by atoms with E-state index in [9.17, 15) is 4.79 Å². The lowest BCUT2D eigenvalue weighted by Crippen LogP contribution is -2.40. The van der Waals surface area contributed by atoms with E-state index in [4.69, 9.17) is 17.3 Å². The number of primary amides is 1. The van der Waals surface area contributed by atoms with E-state index >= 15 is 0 Å². The number of carbonyl (C=O) groups excluding carboxylic acids is 1. The van der Waals surface area contributed by atoms with Crippen molar-refractivity contribution in [1.82, 2.24) is 15.5 Å². The number of nitrogens with one attached hydrogen (secondary N) is 2. The van der Waals surface area contributed by atoms with Crippen molar-refractivity contribution < 1.29 is 4.79 Å². The number of piperidine rings is 1. The van der Waals surface area contributed by atoms with Crippen molar-refractivity contribution in [1.29, 1.82) is 0 Å². The summed E-state index contributed by atoms with van der Waals surface area (Å²) in [6, 6.07) is 9.62. The van der Waals surface area contributed by atoms with Crippen LogP contribution in [0.4, 0.5) is 5.82 Å². The number of hydrogen-bond donors (Lipinski definition) is 3. The van der Waals surface area contributed by atoms with E-state index in [-0.39, 0.29) is 11.9 Å². The predicted octanol–water partition coefficient (Wildman–Crippen LogP) is 3.62. The summed E-state index contributed by atoms with van der Waals surface area (Å²) in [6.45, 7) is 0.979. The van der Waals surface area contributed by atoms with Gasteiger partial charge in [0, 0.05) is 15.3 Å². The van der Waals surface area contributed by atoms with Crippen LogP contribution in [-0.2, 0) is 0 Å². The summed E-state index contributed by atoms with van der Waals surface area (Å²) in [4.78, 5) is 12.8. The van der Waals surface area contributed by atoms with Gasteiger partial charge in [0.15, 0.2) is 11.5 Å². The zero-order chi connectivity index (χ0) is 18.1. The smallest absolute Gasteiger partial charge is 0.270 e. The van der Waals surface area contributed by atoms with E-state index < -0.39 is 5.91 Å². The van der Waals surface area contributed by atoms with Crippen LogP contribution < -0.4 is 16.4 Å². The highest BCUT2D eigenvalue weighted by Gasteiger charge is 2.20. The Labute approximate surface area is 159 Å². The van der Waals surface area contributed by atoms with Crippen molar-refractivity contribution in [2.24, 2.45) is 5.73 Å². The maximum Gasteiger partial charge on any atom is 0.270 e. The summed E-state index contributed by atoms with van der Waals surface area (Å²) in [6.07, 6.45) is 3.52. The van der Waals surface area contributed by atoms with Crippen LogP contribution in [0.2, 0.25) is 5.02 Å². The van der Waals surface area contributed by atoms with Gasteiger partial charge in [0.1, 0.15) is 0 Å². The minimum Gasteiger partial charge on any atom is -0.364 e. The largest absolute Gasteiger partial charge is 0.364 e. The average Bonchev–Trinajstić information content (AvgIpc) is 3.09. The molecule has 134 valence electrons. The van der Waals surface area contributed by atoms with E-state index in [2.05, 4.69) is 20.8 Å². The average molecular weight is 388 g/mol. The van der Waals surface area contributed by atoms with Gasteiger partial charge in [-0.3, -0.25) is 10.1 Å². The maximum atomic E-state index is 11.8. The summed E-state index contributed by atoms with van der Waals surface area (Å²) < 4.78 is 0.746. The van der Waals surface area contributed by atoms with Gasteiger partial charge in [0.25, 0.3) is 5.91 Å². The minimum atomic E-state index is -0.575. The van der Waals surface area contributed by atoms with Gasteiger partial charge in [-0.15, -0.1) is 21.5 Å². The molecule has 4 N–H and O–H groups in total. The fourth-order valence-electron chi connectivity index (χ4n) is 3.11. The molecule has 3 heterocycles. The first kappa shape index (κ1) is 17.2. The molecule has 4 rings (SSSR count). The number of nitrogens with two attached hydrogens (primary N) is 1. The maximum absolute atomic E-state index is 11.8. The zero-order valence-corrected chi connectivity index (χ0v) is 15.5. The van der Waals surface area contributed by atoms with E-state index in [1.807, 2.05) is 30.3 Å². The standard InChI is InChI=1S/C18H18ClN5OS/c19-11-6-4-10(5-7-11)13-9-12-16(26-13)15(17(20)25)23-24-18(12)22-14-3-1-2-8-21-14/h4-7,9,14,21H,1-3,8H2,(H2,20,25)(H,22,24). The number of aromatic nitrogens is 2. The van der Waals surface area contributed by atoms with E-state index in [0.29, 0.717) is 10.8 Å². The molecule has 26 heavy (non-hydrogen) atoms. The molecule has 1 aliphatic rings. The normalized spacial score (nSPS) is 17.3. The lowest BCUT2D eigenvalue weighted by molar-refractivity contribution is 0.0996. The topological polar surface area (TPSA) is 92.9 Å². The number of rotatable bonds is 4. The number of thiophene rings is 1. The van der Waals surface area contributed by atoms with Crippen molar-refractivity contribution in [3.05, 3.63) is 41.0 Å². The van der Waals surface area contributed by atoms with E-state index in [1.54, 1.807) is 0 Å². The fourth-order valence-corrected chi connectivity index (χ4v) is 4.39. The van der Waals surface area contributed by atoms with Crippen molar-refractivity contribution in [2.45, 2.75) is 25.4 Å². The number of hydrogen-bond acceptors (Lipinski definition) is 6. The molecular weight excluding hydrogens is 370 g/mol. The number of fused-ring (bicyclic) bond motifs is 1. The molecule has 1 aromatic carbocycles. The van der Waals surface area contributed by atoms with Gasteiger partial charge in [-0.1, -0.05) is 23.7 Å². The Morgan fingerprint density at radius 2 is 2.08 bits per heavy atom. The van der Waals surface area contributed by atoms with Crippen molar-refractivity contribution in [3.8, 4) is 10.4 Å². The molecule has 0 radical (unpaired) electrons. The summed E-state index contributed by atoms with van der Waals surface area (Å²) >= 11 is 7.46. The molecule has 1 fully saturated rings. The predicted molar refractivity (Wildman–Crippen MR) is 106 cm³/mol. The Kier molecular flexibility index (Phi) is 4.76. The molecule has 1 unspecified atom stereocenters.